The van der Waals surface area contributed by atoms with Crippen molar-refractivity contribution in [3.63, 3.8) is 0 Å². The third-order valence-corrected chi connectivity index (χ3v) is 4.89. The summed E-state index contributed by atoms with van der Waals surface area (Å²) in [6, 6.07) is 15.3. The maximum atomic E-state index is 12.9. The van der Waals surface area contributed by atoms with E-state index in [9.17, 15) is 14.4 Å². The van der Waals surface area contributed by atoms with Crippen LogP contribution < -0.4 is 15.5 Å². The maximum absolute atomic E-state index is 12.9. The second-order valence-electron chi connectivity index (χ2n) is 6.55. The zero-order chi connectivity index (χ0) is 20.5. The van der Waals surface area contributed by atoms with E-state index in [0.717, 1.165) is 0 Å². The molecule has 8 heteroatoms. The number of amides is 3. The highest BCUT2D eigenvalue weighted by Gasteiger charge is 2.27. The fraction of sp³-hybridized carbons (Fsp3) is 0.0952. The number of fused-ring (bicyclic) bond motifs is 1. The molecule has 3 amide bonds. The highest BCUT2D eigenvalue weighted by Crippen LogP contribution is 2.30. The van der Waals surface area contributed by atoms with E-state index >= 15 is 0 Å². The first-order chi connectivity index (χ1) is 13.9. The van der Waals surface area contributed by atoms with Crippen LogP contribution in [0.1, 0.15) is 26.5 Å². The van der Waals surface area contributed by atoms with Gasteiger partial charge in [-0.25, -0.2) is 0 Å². The Morgan fingerprint density at radius 2 is 1.86 bits per heavy atom. The van der Waals surface area contributed by atoms with Crippen molar-refractivity contribution in [1.29, 1.82) is 0 Å². The summed E-state index contributed by atoms with van der Waals surface area (Å²) in [7, 11) is 0. The minimum absolute atomic E-state index is 0.0546. The summed E-state index contributed by atoms with van der Waals surface area (Å²) in [5.41, 5.74) is 2.89. The van der Waals surface area contributed by atoms with Gasteiger partial charge >= 0.3 is 0 Å². The molecule has 1 aliphatic rings. The molecule has 3 aromatic rings. The van der Waals surface area contributed by atoms with Gasteiger partial charge in [-0.1, -0.05) is 12.1 Å². The van der Waals surface area contributed by atoms with Crippen LogP contribution in [-0.4, -0.2) is 24.3 Å². The molecule has 2 aromatic carbocycles. The lowest BCUT2D eigenvalue weighted by molar-refractivity contribution is -0.115. The summed E-state index contributed by atoms with van der Waals surface area (Å²) >= 11 is 3.20. The lowest BCUT2D eigenvalue weighted by Crippen LogP contribution is -2.42. The molecule has 1 aromatic heterocycles. The molecule has 2 N–H and O–H groups in total. The SMILES string of the molecule is Cc1cc(Br)oc1C(=O)Nc1ccc(C(=O)N2CC(=O)Nc3ccccc32)cc1. The van der Waals surface area contributed by atoms with Crippen molar-refractivity contribution < 1.29 is 18.8 Å². The van der Waals surface area contributed by atoms with Crippen LogP contribution in [0, 0.1) is 6.92 Å². The Morgan fingerprint density at radius 1 is 1.14 bits per heavy atom. The topological polar surface area (TPSA) is 91.7 Å². The van der Waals surface area contributed by atoms with Crippen LogP contribution in [0.5, 0.6) is 0 Å². The minimum Gasteiger partial charge on any atom is -0.444 e. The summed E-state index contributed by atoms with van der Waals surface area (Å²) in [5.74, 6) is -0.709. The third kappa shape index (κ3) is 3.79. The molecule has 0 aliphatic carbocycles. The number of halogens is 1. The third-order valence-electron chi connectivity index (χ3n) is 4.50. The predicted octanol–water partition coefficient (Wildman–Crippen LogP) is 4.20. The van der Waals surface area contributed by atoms with E-state index in [1.165, 1.54) is 4.90 Å². The number of hydrogen-bond donors (Lipinski definition) is 2. The Kier molecular flexibility index (Phi) is 4.94. The molecule has 146 valence electrons. The number of hydrogen-bond acceptors (Lipinski definition) is 4. The van der Waals surface area contributed by atoms with Crippen LogP contribution in [0.2, 0.25) is 0 Å². The second-order valence-corrected chi connectivity index (χ2v) is 7.33. The smallest absolute Gasteiger partial charge is 0.291 e. The molecule has 0 radical (unpaired) electrons. The second kappa shape index (κ2) is 7.56. The van der Waals surface area contributed by atoms with Crippen molar-refractivity contribution in [1.82, 2.24) is 0 Å². The first kappa shape index (κ1) is 18.9. The minimum atomic E-state index is -0.381. The number of carbonyl (C=O) groups excluding carboxylic acids is 3. The van der Waals surface area contributed by atoms with Gasteiger partial charge in [0.25, 0.3) is 11.8 Å². The van der Waals surface area contributed by atoms with Crippen molar-refractivity contribution in [2.24, 2.45) is 0 Å². The molecule has 0 atom stereocenters. The number of benzene rings is 2. The summed E-state index contributed by atoms with van der Waals surface area (Å²) in [5, 5.41) is 5.49. The van der Waals surface area contributed by atoms with E-state index in [4.69, 9.17) is 4.42 Å². The van der Waals surface area contributed by atoms with E-state index in [0.29, 0.717) is 32.9 Å². The molecular formula is C21H16BrN3O4. The lowest BCUT2D eigenvalue weighted by Gasteiger charge is -2.29. The highest BCUT2D eigenvalue weighted by molar-refractivity contribution is 9.10. The van der Waals surface area contributed by atoms with Gasteiger partial charge in [-0.05, 0) is 65.3 Å². The van der Waals surface area contributed by atoms with E-state index in [1.54, 1.807) is 55.5 Å². The number of nitrogens with zero attached hydrogens (tertiary/aromatic N) is 1. The molecule has 0 bridgehead atoms. The Bertz CT molecular complexity index is 1120. The van der Waals surface area contributed by atoms with Crippen molar-refractivity contribution in [3.05, 3.63) is 76.2 Å². The van der Waals surface area contributed by atoms with Gasteiger partial charge in [0.1, 0.15) is 6.54 Å². The molecule has 29 heavy (non-hydrogen) atoms. The molecule has 0 saturated carbocycles. The molecule has 2 heterocycles. The zero-order valence-electron chi connectivity index (χ0n) is 15.4. The molecule has 7 nitrogen and oxygen atoms in total. The number of carbonyl (C=O) groups is 3. The van der Waals surface area contributed by atoms with Gasteiger partial charge in [0.05, 0.1) is 11.4 Å². The summed E-state index contributed by atoms with van der Waals surface area (Å²) < 4.78 is 5.82. The van der Waals surface area contributed by atoms with Crippen molar-refractivity contribution in [2.75, 3.05) is 22.1 Å². The molecular weight excluding hydrogens is 438 g/mol. The zero-order valence-corrected chi connectivity index (χ0v) is 16.9. The molecule has 4 rings (SSSR count). The number of anilines is 3. The Balaban J connectivity index is 1.52. The first-order valence-corrected chi connectivity index (χ1v) is 9.60. The number of aryl methyl sites for hydroxylation is 1. The summed E-state index contributed by atoms with van der Waals surface area (Å²) in [6.07, 6.45) is 0. The molecule has 0 saturated heterocycles. The number of furan rings is 1. The number of para-hydroxylation sites is 2. The Labute approximate surface area is 174 Å². The standard InChI is InChI=1S/C21H16BrN3O4/c1-12-10-17(22)29-19(12)20(27)23-14-8-6-13(7-9-14)21(28)25-11-18(26)24-15-4-2-3-5-16(15)25/h2-10H,11H2,1H3,(H,23,27)(H,24,26). The van der Waals surface area contributed by atoms with E-state index < -0.39 is 0 Å². The van der Waals surface area contributed by atoms with Gasteiger partial charge in [0.15, 0.2) is 10.4 Å². The maximum Gasteiger partial charge on any atom is 0.291 e. The van der Waals surface area contributed by atoms with Crippen LogP contribution in [0.3, 0.4) is 0 Å². The fourth-order valence-electron chi connectivity index (χ4n) is 3.12. The largest absolute Gasteiger partial charge is 0.444 e. The van der Waals surface area contributed by atoms with Crippen LogP contribution >= 0.6 is 15.9 Å². The normalized spacial score (nSPS) is 12.9. The van der Waals surface area contributed by atoms with Crippen LogP contribution in [-0.2, 0) is 4.79 Å². The van der Waals surface area contributed by atoms with Gasteiger partial charge in [-0.3, -0.25) is 19.3 Å². The monoisotopic (exact) mass is 453 g/mol. The summed E-state index contributed by atoms with van der Waals surface area (Å²) in [6.45, 7) is 1.72. The van der Waals surface area contributed by atoms with Crippen LogP contribution in [0.25, 0.3) is 0 Å². The first-order valence-electron chi connectivity index (χ1n) is 8.80. The average molecular weight is 454 g/mol. The van der Waals surface area contributed by atoms with E-state index in [-0.39, 0.29) is 30.0 Å². The average Bonchev–Trinajstić information content (AvgIpc) is 3.05. The Hall–Kier alpha value is -3.39. The van der Waals surface area contributed by atoms with Crippen molar-refractivity contribution in [2.45, 2.75) is 6.92 Å². The number of nitrogens with one attached hydrogen (secondary N) is 2. The Morgan fingerprint density at radius 3 is 2.55 bits per heavy atom. The lowest BCUT2D eigenvalue weighted by atomic mass is 10.1. The molecule has 1 aliphatic heterocycles. The predicted molar refractivity (Wildman–Crippen MR) is 112 cm³/mol. The van der Waals surface area contributed by atoms with E-state index in [2.05, 4.69) is 26.6 Å². The molecule has 0 fully saturated rings. The number of rotatable bonds is 3. The van der Waals surface area contributed by atoms with Crippen LogP contribution in [0.4, 0.5) is 17.1 Å². The van der Waals surface area contributed by atoms with Gasteiger partial charge in [-0.15, -0.1) is 0 Å². The van der Waals surface area contributed by atoms with Crippen molar-refractivity contribution in [3.8, 4) is 0 Å². The highest BCUT2D eigenvalue weighted by atomic mass is 79.9. The summed E-state index contributed by atoms with van der Waals surface area (Å²) in [4.78, 5) is 38.7. The quantitative estimate of drug-likeness (QED) is 0.621. The van der Waals surface area contributed by atoms with Gasteiger partial charge < -0.3 is 15.1 Å². The van der Waals surface area contributed by atoms with Crippen LogP contribution in [0.15, 0.2) is 63.7 Å². The van der Waals surface area contributed by atoms with Crippen molar-refractivity contribution >= 4 is 50.7 Å². The molecule has 0 spiro atoms. The fourth-order valence-corrected chi connectivity index (χ4v) is 3.63. The van der Waals surface area contributed by atoms with Gasteiger partial charge in [0, 0.05) is 16.8 Å². The van der Waals surface area contributed by atoms with Gasteiger partial charge in [-0.2, -0.15) is 0 Å². The van der Waals surface area contributed by atoms with E-state index in [1.807, 2.05) is 6.07 Å². The van der Waals surface area contributed by atoms with Gasteiger partial charge in [0.2, 0.25) is 5.91 Å². The molecule has 0 unspecified atom stereocenters.